The van der Waals surface area contributed by atoms with E-state index < -0.39 is 5.92 Å². The molecular weight excluding hydrogens is 86.0 g/mol. The fraction of sp³-hybridized carbons (Fsp3) is 0.500. The van der Waals surface area contributed by atoms with E-state index in [0.717, 1.165) is 6.08 Å². The maximum absolute atomic E-state index is 11.5. The molecule has 0 amide bonds. The Balaban J connectivity index is 2.57. The Morgan fingerprint density at radius 2 is 1.83 bits per heavy atom. The second-order valence-electron chi connectivity index (χ2n) is 1.37. The monoisotopic (exact) mass is 90.0 g/mol. The lowest BCUT2D eigenvalue weighted by Gasteiger charge is -2.14. The third-order valence-electron chi connectivity index (χ3n) is 0.752. The van der Waals surface area contributed by atoms with E-state index in [9.17, 15) is 8.78 Å². The largest absolute Gasteiger partial charge is 0.269 e. The minimum Gasteiger partial charge on any atom is -0.202 e. The molecular formula is C4H4F2. The summed E-state index contributed by atoms with van der Waals surface area (Å²) in [5.74, 6) is -2.46. The molecule has 1 aliphatic rings. The number of halogens is 2. The van der Waals surface area contributed by atoms with Crippen LogP contribution < -0.4 is 0 Å². The summed E-state index contributed by atoms with van der Waals surface area (Å²) in [6, 6.07) is 0. The molecule has 2 heteroatoms. The highest BCUT2D eigenvalue weighted by atomic mass is 19.3. The topological polar surface area (TPSA) is 0 Å². The van der Waals surface area contributed by atoms with Gasteiger partial charge in [0, 0.05) is 6.42 Å². The number of hydrogen-bond donors (Lipinski definition) is 0. The fourth-order valence-electron chi connectivity index (χ4n) is 0.296. The van der Waals surface area contributed by atoms with Gasteiger partial charge in [-0.3, -0.25) is 0 Å². The fourth-order valence-corrected chi connectivity index (χ4v) is 0.296. The highest BCUT2D eigenvalue weighted by Gasteiger charge is 2.29. The minimum atomic E-state index is -2.46. The zero-order valence-electron chi connectivity index (χ0n) is 3.12. The van der Waals surface area contributed by atoms with Crippen molar-refractivity contribution in [2.75, 3.05) is 0 Å². The first-order chi connectivity index (χ1) is 2.71. The van der Waals surface area contributed by atoms with Gasteiger partial charge in [0.15, 0.2) is 0 Å². The van der Waals surface area contributed by atoms with Gasteiger partial charge in [-0.25, -0.2) is 8.78 Å². The molecule has 0 unspecified atom stereocenters. The number of allylic oxidation sites excluding steroid dienone is 2. The van der Waals surface area contributed by atoms with Gasteiger partial charge in [0.1, 0.15) is 0 Å². The van der Waals surface area contributed by atoms with Crippen molar-refractivity contribution in [1.29, 1.82) is 0 Å². The number of rotatable bonds is 0. The molecule has 1 aliphatic carbocycles. The van der Waals surface area contributed by atoms with Crippen LogP contribution in [-0.4, -0.2) is 5.92 Å². The first-order valence-electron chi connectivity index (χ1n) is 1.76. The Morgan fingerprint density at radius 1 is 1.50 bits per heavy atom. The lowest BCUT2D eigenvalue weighted by Crippen LogP contribution is -2.17. The maximum Gasteiger partial charge on any atom is 0.269 e. The zero-order chi connectivity index (χ0) is 4.62. The average molecular weight is 90.1 g/mol. The molecule has 1 rings (SSSR count). The van der Waals surface area contributed by atoms with Gasteiger partial charge in [-0.05, 0) is 6.08 Å². The lowest BCUT2D eigenvalue weighted by molar-refractivity contribution is 0.0406. The van der Waals surface area contributed by atoms with E-state index in [1.165, 1.54) is 6.08 Å². The van der Waals surface area contributed by atoms with Crippen LogP contribution in [0.25, 0.3) is 0 Å². The molecule has 0 aromatic carbocycles. The molecule has 0 radical (unpaired) electrons. The molecule has 0 fully saturated rings. The van der Waals surface area contributed by atoms with Crippen molar-refractivity contribution in [2.24, 2.45) is 0 Å². The van der Waals surface area contributed by atoms with Gasteiger partial charge >= 0.3 is 0 Å². The Kier molecular flexibility index (Phi) is 0.508. The smallest absolute Gasteiger partial charge is 0.202 e. The third-order valence-corrected chi connectivity index (χ3v) is 0.752. The second kappa shape index (κ2) is 0.806. The Labute approximate surface area is 34.5 Å². The Hall–Kier alpha value is -0.400. The molecule has 0 heterocycles. The van der Waals surface area contributed by atoms with Gasteiger partial charge in [-0.15, -0.1) is 0 Å². The van der Waals surface area contributed by atoms with Crippen LogP contribution in [0.15, 0.2) is 12.2 Å². The van der Waals surface area contributed by atoms with E-state index >= 15 is 0 Å². The summed E-state index contributed by atoms with van der Waals surface area (Å²) in [6.45, 7) is 0. The van der Waals surface area contributed by atoms with E-state index in [1.54, 1.807) is 0 Å². The number of alkyl halides is 2. The molecule has 6 heavy (non-hydrogen) atoms. The molecule has 0 saturated carbocycles. The third kappa shape index (κ3) is 0.421. The normalized spacial score (nSPS) is 26.3. The molecule has 0 atom stereocenters. The molecule has 0 aromatic heterocycles. The van der Waals surface area contributed by atoms with Crippen LogP contribution in [0, 0.1) is 0 Å². The number of hydrogen-bond acceptors (Lipinski definition) is 0. The van der Waals surface area contributed by atoms with Crippen LogP contribution in [0.1, 0.15) is 6.42 Å². The van der Waals surface area contributed by atoms with Gasteiger partial charge < -0.3 is 0 Å². The predicted octanol–water partition coefficient (Wildman–Crippen LogP) is 1.58. The molecule has 0 saturated heterocycles. The van der Waals surface area contributed by atoms with E-state index in [1.807, 2.05) is 0 Å². The van der Waals surface area contributed by atoms with Crippen LogP contribution in [0.4, 0.5) is 8.78 Å². The zero-order valence-corrected chi connectivity index (χ0v) is 3.12. The first kappa shape index (κ1) is 3.78. The highest BCUT2D eigenvalue weighted by molar-refractivity contribution is 5.08. The Bertz CT molecular complexity index is 83.5. The molecule has 0 spiro atoms. The van der Waals surface area contributed by atoms with Gasteiger partial charge in [0.25, 0.3) is 5.92 Å². The van der Waals surface area contributed by atoms with Crippen molar-refractivity contribution in [3.05, 3.63) is 12.2 Å². The molecule has 0 N–H and O–H groups in total. The summed E-state index contributed by atoms with van der Waals surface area (Å²) >= 11 is 0. The van der Waals surface area contributed by atoms with Gasteiger partial charge in [0.05, 0.1) is 0 Å². The van der Waals surface area contributed by atoms with Crippen molar-refractivity contribution in [1.82, 2.24) is 0 Å². The highest BCUT2D eigenvalue weighted by Crippen LogP contribution is 2.28. The Morgan fingerprint density at radius 3 is 1.83 bits per heavy atom. The maximum atomic E-state index is 11.5. The van der Waals surface area contributed by atoms with Crippen LogP contribution in [0.3, 0.4) is 0 Å². The lowest BCUT2D eigenvalue weighted by atomic mass is 10.1. The standard InChI is InChI=1S/C4H4F2/c5-4(6)2-1-3-4/h1-2H,3H2. The van der Waals surface area contributed by atoms with Crippen LogP contribution >= 0.6 is 0 Å². The summed E-state index contributed by atoms with van der Waals surface area (Å²) < 4.78 is 22.9. The van der Waals surface area contributed by atoms with Crippen molar-refractivity contribution in [3.8, 4) is 0 Å². The van der Waals surface area contributed by atoms with E-state index in [4.69, 9.17) is 0 Å². The van der Waals surface area contributed by atoms with E-state index in [-0.39, 0.29) is 6.42 Å². The first-order valence-corrected chi connectivity index (χ1v) is 1.76. The quantitative estimate of drug-likeness (QED) is 0.396. The summed E-state index contributed by atoms with van der Waals surface area (Å²) in [7, 11) is 0. The second-order valence-corrected chi connectivity index (χ2v) is 1.37. The van der Waals surface area contributed by atoms with Crippen molar-refractivity contribution < 1.29 is 8.78 Å². The SMILES string of the molecule is FC1(F)C=CC1. The van der Waals surface area contributed by atoms with Gasteiger partial charge in [0.2, 0.25) is 0 Å². The molecule has 0 bridgehead atoms. The van der Waals surface area contributed by atoms with Gasteiger partial charge in [-0.1, -0.05) is 6.08 Å². The summed E-state index contributed by atoms with van der Waals surface area (Å²) in [5, 5.41) is 0. The summed E-state index contributed by atoms with van der Waals surface area (Å²) in [6.07, 6.45) is 2.31. The van der Waals surface area contributed by atoms with Crippen molar-refractivity contribution in [3.63, 3.8) is 0 Å². The van der Waals surface area contributed by atoms with E-state index in [0.29, 0.717) is 0 Å². The average Bonchev–Trinajstić information content (AvgIpc) is 1.32. The molecule has 34 valence electrons. The predicted molar refractivity (Wildman–Crippen MR) is 18.7 cm³/mol. The van der Waals surface area contributed by atoms with Crippen LogP contribution in [0.5, 0.6) is 0 Å². The molecule has 0 nitrogen and oxygen atoms in total. The summed E-state index contributed by atoms with van der Waals surface area (Å²) in [4.78, 5) is 0. The van der Waals surface area contributed by atoms with Crippen molar-refractivity contribution >= 4 is 0 Å². The minimum absolute atomic E-state index is 0.0625. The van der Waals surface area contributed by atoms with Crippen LogP contribution in [-0.2, 0) is 0 Å². The molecule has 0 aromatic rings. The van der Waals surface area contributed by atoms with E-state index in [2.05, 4.69) is 0 Å². The van der Waals surface area contributed by atoms with Crippen LogP contribution in [0.2, 0.25) is 0 Å². The van der Waals surface area contributed by atoms with Crippen molar-refractivity contribution in [2.45, 2.75) is 12.3 Å². The van der Waals surface area contributed by atoms with Gasteiger partial charge in [-0.2, -0.15) is 0 Å². The molecule has 0 aliphatic heterocycles. The summed E-state index contributed by atoms with van der Waals surface area (Å²) in [5.41, 5.74) is 0.